The molecule has 7 heteroatoms. The number of amides is 1. The van der Waals surface area contributed by atoms with Crippen molar-refractivity contribution in [3.05, 3.63) is 28.5 Å². The monoisotopic (exact) mass is 251 g/mol. The number of anilines is 1. The van der Waals surface area contributed by atoms with E-state index in [0.717, 1.165) is 5.01 Å². The van der Waals surface area contributed by atoms with Crippen molar-refractivity contribution in [2.75, 3.05) is 5.73 Å². The fourth-order valence-electron chi connectivity index (χ4n) is 1.41. The number of rotatable bonds is 3. The van der Waals surface area contributed by atoms with Gasteiger partial charge in [-0.2, -0.15) is 5.10 Å². The highest BCUT2D eigenvalue weighted by Crippen LogP contribution is 2.22. The van der Waals surface area contributed by atoms with E-state index < -0.39 is 5.54 Å². The third kappa shape index (κ3) is 2.28. The Morgan fingerprint density at radius 2 is 2.35 bits per heavy atom. The molecule has 0 aliphatic heterocycles. The molecule has 0 spiro atoms. The van der Waals surface area contributed by atoms with Crippen LogP contribution in [-0.2, 0) is 5.54 Å². The Kier molecular flexibility index (Phi) is 2.84. The van der Waals surface area contributed by atoms with Crippen LogP contribution in [0.3, 0.4) is 0 Å². The lowest BCUT2D eigenvalue weighted by molar-refractivity contribution is 0.0907. The molecular formula is C10H13N5OS. The van der Waals surface area contributed by atoms with Crippen molar-refractivity contribution < 1.29 is 4.79 Å². The van der Waals surface area contributed by atoms with E-state index in [0.29, 0.717) is 5.69 Å². The van der Waals surface area contributed by atoms with Gasteiger partial charge in [-0.3, -0.25) is 9.89 Å². The van der Waals surface area contributed by atoms with Crippen LogP contribution >= 0.6 is 11.3 Å². The molecule has 1 amide bonds. The molecular weight excluding hydrogens is 238 g/mol. The van der Waals surface area contributed by atoms with E-state index >= 15 is 0 Å². The Morgan fingerprint density at radius 1 is 1.59 bits per heavy atom. The number of carbonyl (C=O) groups excluding carboxylic acids is 1. The standard InChI is InChI=1S/C10H13N5OS/c1-10(2,9-12-3-4-17-9)14-8(16)7-6(11)5-13-15-7/h3-5H,11H2,1-2H3,(H,13,15)(H,14,16). The van der Waals surface area contributed by atoms with E-state index in [1.807, 2.05) is 19.2 Å². The van der Waals surface area contributed by atoms with Gasteiger partial charge in [-0.15, -0.1) is 11.3 Å². The zero-order valence-electron chi connectivity index (χ0n) is 9.52. The maximum atomic E-state index is 12.0. The van der Waals surface area contributed by atoms with E-state index in [4.69, 9.17) is 5.73 Å². The maximum absolute atomic E-state index is 12.0. The largest absolute Gasteiger partial charge is 0.396 e. The summed E-state index contributed by atoms with van der Waals surface area (Å²) in [5.41, 5.74) is 5.68. The Labute approximate surface area is 102 Å². The predicted molar refractivity (Wildman–Crippen MR) is 65.6 cm³/mol. The van der Waals surface area contributed by atoms with E-state index in [-0.39, 0.29) is 11.6 Å². The summed E-state index contributed by atoms with van der Waals surface area (Å²) in [7, 11) is 0. The second-order valence-corrected chi connectivity index (χ2v) is 5.01. The number of aromatic amines is 1. The smallest absolute Gasteiger partial charge is 0.272 e. The van der Waals surface area contributed by atoms with Crippen LogP contribution in [0.15, 0.2) is 17.8 Å². The highest BCUT2D eigenvalue weighted by atomic mass is 32.1. The van der Waals surface area contributed by atoms with Crippen LogP contribution in [0.4, 0.5) is 5.69 Å². The van der Waals surface area contributed by atoms with Crippen LogP contribution in [0.1, 0.15) is 29.3 Å². The third-order valence-corrected chi connectivity index (χ3v) is 3.39. The van der Waals surface area contributed by atoms with Crippen molar-refractivity contribution in [1.29, 1.82) is 0 Å². The average molecular weight is 251 g/mol. The van der Waals surface area contributed by atoms with Gasteiger partial charge in [0.25, 0.3) is 5.91 Å². The normalized spacial score (nSPS) is 11.4. The molecule has 2 rings (SSSR count). The molecule has 0 aliphatic rings. The summed E-state index contributed by atoms with van der Waals surface area (Å²) in [6.07, 6.45) is 3.11. The molecule has 17 heavy (non-hydrogen) atoms. The molecule has 0 saturated heterocycles. The number of nitrogen functional groups attached to an aromatic ring is 1. The van der Waals surface area contributed by atoms with Gasteiger partial charge in [0, 0.05) is 11.6 Å². The number of aromatic nitrogens is 3. The van der Waals surface area contributed by atoms with Crippen LogP contribution in [0, 0.1) is 0 Å². The Balaban J connectivity index is 2.17. The molecule has 2 aromatic rings. The number of nitrogens with two attached hydrogens (primary N) is 1. The Bertz CT molecular complexity index is 517. The molecule has 0 unspecified atom stereocenters. The quantitative estimate of drug-likeness (QED) is 0.761. The van der Waals surface area contributed by atoms with Crippen molar-refractivity contribution in [3.8, 4) is 0 Å². The van der Waals surface area contributed by atoms with Crippen LogP contribution in [0.25, 0.3) is 0 Å². The maximum Gasteiger partial charge on any atom is 0.272 e. The lowest BCUT2D eigenvalue weighted by Gasteiger charge is -2.23. The average Bonchev–Trinajstić information content (AvgIpc) is 2.85. The first kappa shape index (κ1) is 11.6. The number of carbonyl (C=O) groups is 1. The lowest BCUT2D eigenvalue weighted by Crippen LogP contribution is -2.41. The second kappa shape index (κ2) is 4.17. The fraction of sp³-hybridized carbons (Fsp3) is 0.300. The minimum absolute atomic E-state index is 0.273. The molecule has 0 aliphatic carbocycles. The summed E-state index contributed by atoms with van der Waals surface area (Å²) in [5, 5.41) is 11.8. The molecule has 0 fully saturated rings. The highest BCUT2D eigenvalue weighted by Gasteiger charge is 2.27. The number of nitrogens with one attached hydrogen (secondary N) is 2. The van der Waals surface area contributed by atoms with Crippen molar-refractivity contribution >= 4 is 22.9 Å². The van der Waals surface area contributed by atoms with Crippen molar-refractivity contribution in [3.63, 3.8) is 0 Å². The zero-order chi connectivity index (χ0) is 12.5. The lowest BCUT2D eigenvalue weighted by atomic mass is 10.1. The Morgan fingerprint density at radius 3 is 2.88 bits per heavy atom. The molecule has 0 radical (unpaired) electrons. The Hall–Kier alpha value is -1.89. The predicted octanol–water partition coefficient (Wildman–Crippen LogP) is 1.11. The summed E-state index contributed by atoms with van der Waals surface area (Å²) in [5.74, 6) is -0.291. The molecule has 2 aromatic heterocycles. The van der Waals surface area contributed by atoms with Crippen molar-refractivity contribution in [2.24, 2.45) is 0 Å². The summed E-state index contributed by atoms with van der Waals surface area (Å²) in [6.45, 7) is 3.77. The topological polar surface area (TPSA) is 96.7 Å². The first-order valence-electron chi connectivity index (χ1n) is 5.02. The summed E-state index contributed by atoms with van der Waals surface area (Å²) in [4.78, 5) is 16.1. The summed E-state index contributed by atoms with van der Waals surface area (Å²) in [6, 6.07) is 0. The van der Waals surface area contributed by atoms with Gasteiger partial charge in [-0.1, -0.05) is 0 Å². The van der Waals surface area contributed by atoms with Crippen LogP contribution in [0.5, 0.6) is 0 Å². The van der Waals surface area contributed by atoms with E-state index in [1.165, 1.54) is 17.5 Å². The van der Waals surface area contributed by atoms with Gasteiger partial charge in [-0.05, 0) is 13.8 Å². The van der Waals surface area contributed by atoms with Gasteiger partial charge in [0.2, 0.25) is 0 Å². The first-order valence-corrected chi connectivity index (χ1v) is 5.90. The molecule has 6 nitrogen and oxygen atoms in total. The summed E-state index contributed by atoms with van der Waals surface area (Å²) < 4.78 is 0. The molecule has 0 atom stereocenters. The van der Waals surface area contributed by atoms with Gasteiger partial charge >= 0.3 is 0 Å². The highest BCUT2D eigenvalue weighted by molar-refractivity contribution is 7.09. The van der Waals surface area contributed by atoms with Crippen molar-refractivity contribution in [2.45, 2.75) is 19.4 Å². The van der Waals surface area contributed by atoms with E-state index in [9.17, 15) is 4.79 Å². The van der Waals surface area contributed by atoms with Gasteiger partial charge in [0.05, 0.1) is 17.4 Å². The summed E-state index contributed by atoms with van der Waals surface area (Å²) >= 11 is 1.49. The molecule has 2 heterocycles. The minimum Gasteiger partial charge on any atom is -0.396 e. The molecule has 0 saturated carbocycles. The van der Waals surface area contributed by atoms with Gasteiger partial charge < -0.3 is 11.1 Å². The number of H-pyrrole nitrogens is 1. The minimum atomic E-state index is -0.539. The van der Waals surface area contributed by atoms with Crippen molar-refractivity contribution in [1.82, 2.24) is 20.5 Å². The van der Waals surface area contributed by atoms with Gasteiger partial charge in [0.15, 0.2) is 0 Å². The molecule has 4 N–H and O–H groups in total. The molecule has 0 bridgehead atoms. The fourth-order valence-corrected chi connectivity index (χ4v) is 2.13. The molecule has 0 aromatic carbocycles. The third-order valence-electron chi connectivity index (χ3n) is 2.29. The van der Waals surface area contributed by atoms with E-state index in [2.05, 4.69) is 20.5 Å². The second-order valence-electron chi connectivity index (χ2n) is 4.12. The molecule has 90 valence electrons. The van der Waals surface area contributed by atoms with Crippen LogP contribution in [0.2, 0.25) is 0 Å². The van der Waals surface area contributed by atoms with Gasteiger partial charge in [0.1, 0.15) is 10.7 Å². The number of hydrogen-bond acceptors (Lipinski definition) is 5. The van der Waals surface area contributed by atoms with Gasteiger partial charge in [-0.25, -0.2) is 4.98 Å². The SMILES string of the molecule is CC(C)(NC(=O)c1[nH]ncc1N)c1nccs1. The first-order chi connectivity index (χ1) is 8.00. The van der Waals surface area contributed by atoms with E-state index in [1.54, 1.807) is 6.20 Å². The van der Waals surface area contributed by atoms with Crippen LogP contribution < -0.4 is 11.1 Å². The number of nitrogens with zero attached hydrogens (tertiary/aromatic N) is 2. The number of hydrogen-bond donors (Lipinski definition) is 3. The number of thiazole rings is 1. The van der Waals surface area contributed by atoms with Crippen LogP contribution in [-0.4, -0.2) is 21.1 Å². The zero-order valence-corrected chi connectivity index (χ0v) is 10.3.